The lowest BCUT2D eigenvalue weighted by atomic mass is 10.2. The molecule has 0 fully saturated rings. The third-order valence-corrected chi connectivity index (χ3v) is 4.48. The quantitative estimate of drug-likeness (QED) is 0.316. The molecule has 7 heteroatoms. The van der Waals surface area contributed by atoms with Crippen molar-refractivity contribution in [1.29, 1.82) is 0 Å². The van der Waals surface area contributed by atoms with E-state index in [1.54, 1.807) is 12.1 Å². The Morgan fingerprint density at radius 2 is 1.68 bits per heavy atom. The number of nitrogens with zero attached hydrogens (tertiary/aromatic N) is 2. The second-order valence-corrected chi connectivity index (χ2v) is 6.33. The minimum Gasteiger partial charge on any atom is -0.437 e. The van der Waals surface area contributed by atoms with Crippen molar-refractivity contribution in [2.24, 2.45) is 0 Å². The Labute approximate surface area is 146 Å². The molecule has 3 nitrogen and oxygen atoms in total. The molecule has 0 N–H and O–H groups in total. The Morgan fingerprint density at radius 1 is 0.955 bits per heavy atom. The summed E-state index contributed by atoms with van der Waals surface area (Å²) in [7, 11) is 0. The Hall–Kier alpha value is -1.20. The van der Waals surface area contributed by atoms with Crippen LogP contribution >= 0.6 is 46.6 Å². The van der Waals surface area contributed by atoms with Crippen molar-refractivity contribution in [2.75, 3.05) is 6.26 Å². The zero-order valence-electron chi connectivity index (χ0n) is 11.3. The van der Waals surface area contributed by atoms with Gasteiger partial charge in [0.15, 0.2) is 5.16 Å². The van der Waals surface area contributed by atoms with Gasteiger partial charge in [-0.05, 0) is 24.5 Å². The van der Waals surface area contributed by atoms with Crippen LogP contribution in [0.25, 0.3) is 10.9 Å². The first kappa shape index (κ1) is 15.7. The van der Waals surface area contributed by atoms with E-state index in [0.717, 1.165) is 10.9 Å². The minimum absolute atomic E-state index is 0.364. The summed E-state index contributed by atoms with van der Waals surface area (Å²) in [6, 6.07) is 10.7. The highest BCUT2D eigenvalue weighted by molar-refractivity contribution is 7.98. The molecule has 0 unspecified atom stereocenters. The van der Waals surface area contributed by atoms with Crippen molar-refractivity contribution in [1.82, 2.24) is 9.97 Å². The monoisotopic (exact) mass is 370 g/mol. The molecular weight excluding hydrogens is 363 g/mol. The highest BCUT2D eigenvalue weighted by atomic mass is 35.5. The molecule has 0 saturated heterocycles. The van der Waals surface area contributed by atoms with Crippen LogP contribution in [-0.4, -0.2) is 16.2 Å². The van der Waals surface area contributed by atoms with Crippen LogP contribution in [0.15, 0.2) is 41.6 Å². The van der Waals surface area contributed by atoms with Crippen molar-refractivity contribution in [3.05, 3.63) is 51.5 Å². The topological polar surface area (TPSA) is 35.0 Å². The molecule has 3 aromatic rings. The van der Waals surface area contributed by atoms with Crippen molar-refractivity contribution in [3.63, 3.8) is 0 Å². The highest BCUT2D eigenvalue weighted by Crippen LogP contribution is 2.37. The molecule has 0 radical (unpaired) electrons. The van der Waals surface area contributed by atoms with Gasteiger partial charge in [0.1, 0.15) is 5.75 Å². The fourth-order valence-corrected chi connectivity index (χ4v) is 2.82. The molecule has 0 spiro atoms. The summed E-state index contributed by atoms with van der Waals surface area (Å²) < 4.78 is 5.86. The summed E-state index contributed by atoms with van der Waals surface area (Å²) in [6.07, 6.45) is 1.90. The first-order chi connectivity index (χ1) is 10.6. The molecular formula is C15H9Cl3N2OS. The smallest absolute Gasteiger partial charge is 0.231 e. The van der Waals surface area contributed by atoms with E-state index in [1.165, 1.54) is 11.8 Å². The Bertz CT molecular complexity index is 858. The number of para-hydroxylation sites is 1. The third-order valence-electron chi connectivity index (χ3n) is 2.91. The number of fused-ring (bicyclic) bond motifs is 1. The van der Waals surface area contributed by atoms with Crippen LogP contribution in [0.5, 0.6) is 11.6 Å². The maximum Gasteiger partial charge on any atom is 0.231 e. The zero-order valence-corrected chi connectivity index (χ0v) is 14.4. The van der Waals surface area contributed by atoms with Crippen molar-refractivity contribution < 1.29 is 4.74 Å². The number of benzene rings is 2. The first-order valence-corrected chi connectivity index (χ1v) is 8.57. The maximum absolute atomic E-state index is 6.16. The largest absolute Gasteiger partial charge is 0.437 e. The number of rotatable bonds is 3. The summed E-state index contributed by atoms with van der Waals surface area (Å²) in [5, 5.41) is 2.51. The van der Waals surface area contributed by atoms with Crippen LogP contribution in [0.3, 0.4) is 0 Å². The minimum atomic E-state index is 0.364. The average Bonchev–Trinajstić information content (AvgIpc) is 2.52. The second kappa shape index (κ2) is 6.50. The van der Waals surface area contributed by atoms with E-state index in [2.05, 4.69) is 9.97 Å². The van der Waals surface area contributed by atoms with Gasteiger partial charge in [-0.25, -0.2) is 4.98 Å². The lowest BCUT2D eigenvalue weighted by molar-refractivity contribution is 0.463. The predicted molar refractivity (Wildman–Crippen MR) is 92.9 cm³/mol. The highest BCUT2D eigenvalue weighted by Gasteiger charge is 2.13. The molecule has 3 rings (SSSR count). The van der Waals surface area contributed by atoms with Crippen molar-refractivity contribution in [2.45, 2.75) is 5.16 Å². The molecule has 22 heavy (non-hydrogen) atoms. The van der Waals surface area contributed by atoms with Crippen molar-refractivity contribution in [3.8, 4) is 11.6 Å². The van der Waals surface area contributed by atoms with Crippen LogP contribution in [-0.2, 0) is 0 Å². The van der Waals surface area contributed by atoms with Crippen molar-refractivity contribution >= 4 is 57.5 Å². The number of aromatic nitrogens is 2. The normalized spacial score (nSPS) is 10.9. The molecule has 1 heterocycles. The molecule has 0 bridgehead atoms. The molecule has 0 amide bonds. The predicted octanol–water partition coefficient (Wildman–Crippen LogP) is 6.10. The Balaban J connectivity index is 2.12. The fraction of sp³-hybridized carbons (Fsp3) is 0.0667. The van der Waals surface area contributed by atoms with E-state index < -0.39 is 0 Å². The fourth-order valence-electron chi connectivity index (χ4n) is 1.88. The Kier molecular flexibility index (Phi) is 4.64. The second-order valence-electron chi connectivity index (χ2n) is 4.33. The van der Waals surface area contributed by atoms with Gasteiger partial charge in [-0.15, -0.1) is 0 Å². The summed E-state index contributed by atoms with van der Waals surface area (Å²) in [6.45, 7) is 0. The molecule has 0 aliphatic carbocycles. The maximum atomic E-state index is 6.16. The van der Waals surface area contributed by atoms with Gasteiger partial charge in [0.25, 0.3) is 0 Å². The Morgan fingerprint density at radius 3 is 2.45 bits per heavy atom. The summed E-state index contributed by atoms with van der Waals surface area (Å²) in [5.41, 5.74) is 0.799. The summed E-state index contributed by atoms with van der Waals surface area (Å²) in [4.78, 5) is 8.84. The van der Waals surface area contributed by atoms with Gasteiger partial charge in [0, 0.05) is 6.07 Å². The number of ether oxygens (including phenoxy) is 1. The zero-order chi connectivity index (χ0) is 15.7. The molecule has 0 aliphatic rings. The molecule has 0 saturated carbocycles. The lowest BCUT2D eigenvalue weighted by Gasteiger charge is -2.11. The van der Waals surface area contributed by atoms with E-state index in [4.69, 9.17) is 39.5 Å². The van der Waals surface area contributed by atoms with Crippen LogP contribution in [0, 0.1) is 0 Å². The van der Waals surface area contributed by atoms with E-state index in [1.807, 2.05) is 30.5 Å². The van der Waals surface area contributed by atoms with Gasteiger partial charge in [-0.3, -0.25) is 0 Å². The van der Waals surface area contributed by atoms with Crippen LogP contribution in [0.1, 0.15) is 0 Å². The van der Waals surface area contributed by atoms with Gasteiger partial charge in [0.05, 0.1) is 26.0 Å². The molecule has 112 valence electrons. The standard InChI is InChI=1S/C15H9Cl3N2OS/c1-22-15-19-12-5-3-2-4-8(12)14(20-15)21-13-7-10(17)9(16)6-11(13)18/h2-7H,1H3. The van der Waals surface area contributed by atoms with Gasteiger partial charge in [-0.2, -0.15) is 4.98 Å². The van der Waals surface area contributed by atoms with E-state index in [0.29, 0.717) is 31.9 Å². The first-order valence-electron chi connectivity index (χ1n) is 6.21. The SMILES string of the molecule is CSc1nc(Oc2cc(Cl)c(Cl)cc2Cl)c2ccccc2n1. The number of halogens is 3. The van der Waals surface area contributed by atoms with E-state index in [9.17, 15) is 0 Å². The molecule has 1 aromatic heterocycles. The van der Waals surface area contributed by atoms with Crippen LogP contribution in [0.2, 0.25) is 15.1 Å². The van der Waals surface area contributed by atoms with Gasteiger partial charge in [-0.1, -0.05) is 58.7 Å². The third kappa shape index (κ3) is 3.10. The summed E-state index contributed by atoms with van der Waals surface area (Å²) in [5.74, 6) is 0.821. The molecule has 0 aliphatic heterocycles. The molecule has 2 aromatic carbocycles. The van der Waals surface area contributed by atoms with E-state index >= 15 is 0 Å². The number of hydrogen-bond donors (Lipinski definition) is 0. The number of thioether (sulfide) groups is 1. The molecule has 0 atom stereocenters. The van der Waals surface area contributed by atoms with E-state index in [-0.39, 0.29) is 0 Å². The van der Waals surface area contributed by atoms with Gasteiger partial charge < -0.3 is 4.74 Å². The van der Waals surface area contributed by atoms with Gasteiger partial charge in [0.2, 0.25) is 5.88 Å². The number of hydrogen-bond acceptors (Lipinski definition) is 4. The van der Waals surface area contributed by atoms with Gasteiger partial charge >= 0.3 is 0 Å². The van der Waals surface area contributed by atoms with Crippen LogP contribution in [0.4, 0.5) is 0 Å². The summed E-state index contributed by atoms with van der Waals surface area (Å²) >= 11 is 19.5. The van der Waals surface area contributed by atoms with Crippen LogP contribution < -0.4 is 4.74 Å². The average molecular weight is 372 g/mol. The lowest BCUT2D eigenvalue weighted by Crippen LogP contribution is -1.95.